The lowest BCUT2D eigenvalue weighted by molar-refractivity contribution is 1.29. The monoisotopic (exact) mass is 234 g/mol. The van der Waals surface area contributed by atoms with E-state index in [0.29, 0.717) is 6.42 Å². The molecule has 1 N–H and O–H groups in total. The molecule has 0 unspecified atom stereocenters. The molecule has 0 saturated heterocycles. The molecule has 0 amide bonds. The summed E-state index contributed by atoms with van der Waals surface area (Å²) in [7, 11) is 0. The Bertz CT molecular complexity index is 479. The number of hydrogen-bond donors (Lipinski definition) is 1. The van der Waals surface area contributed by atoms with E-state index >= 15 is 0 Å². The van der Waals surface area contributed by atoms with E-state index in [0.717, 1.165) is 20.9 Å². The van der Waals surface area contributed by atoms with Crippen LogP contribution in [0.3, 0.4) is 0 Å². The molecule has 13 heavy (non-hydrogen) atoms. The average Bonchev–Trinajstić information content (AvgIpc) is 2.59. The van der Waals surface area contributed by atoms with Gasteiger partial charge in [-0.1, -0.05) is 6.07 Å². The van der Waals surface area contributed by atoms with Crippen LogP contribution < -0.4 is 0 Å². The third-order valence-corrected chi connectivity index (χ3v) is 2.69. The number of fused-ring (bicyclic) bond motifs is 1. The number of H-pyrrole nitrogens is 1. The first-order valence-electron chi connectivity index (χ1n) is 3.94. The number of aromatic nitrogens is 1. The van der Waals surface area contributed by atoms with Crippen molar-refractivity contribution in [3.05, 3.63) is 34.4 Å². The first kappa shape index (κ1) is 8.33. The first-order valence-corrected chi connectivity index (χ1v) is 4.73. The predicted molar refractivity (Wildman–Crippen MR) is 55.3 cm³/mol. The normalized spacial score (nSPS) is 10.2. The number of hydrogen-bond acceptors (Lipinski definition) is 1. The van der Waals surface area contributed by atoms with Gasteiger partial charge in [0.2, 0.25) is 0 Å². The zero-order valence-corrected chi connectivity index (χ0v) is 8.43. The molecule has 0 radical (unpaired) electrons. The second-order valence-corrected chi connectivity index (χ2v) is 3.66. The SMILES string of the molecule is N#CCc1ccc(Br)c2[nH]ccc12. The second-order valence-electron chi connectivity index (χ2n) is 2.81. The van der Waals surface area contributed by atoms with Gasteiger partial charge in [0.15, 0.2) is 0 Å². The van der Waals surface area contributed by atoms with Crippen LogP contribution in [-0.2, 0) is 6.42 Å². The van der Waals surface area contributed by atoms with Gasteiger partial charge in [-0.3, -0.25) is 0 Å². The Balaban J connectivity index is 2.72. The fourth-order valence-corrected chi connectivity index (χ4v) is 1.88. The van der Waals surface area contributed by atoms with Crippen LogP contribution in [0.2, 0.25) is 0 Å². The Labute approximate surface area is 84.3 Å². The molecule has 0 fully saturated rings. The van der Waals surface area contributed by atoms with Crippen molar-refractivity contribution in [1.29, 1.82) is 5.26 Å². The number of nitriles is 1. The highest BCUT2D eigenvalue weighted by Crippen LogP contribution is 2.25. The van der Waals surface area contributed by atoms with E-state index in [4.69, 9.17) is 5.26 Å². The van der Waals surface area contributed by atoms with Crippen molar-refractivity contribution in [3.8, 4) is 6.07 Å². The molecule has 0 aliphatic rings. The Morgan fingerprint density at radius 1 is 1.38 bits per heavy atom. The summed E-state index contributed by atoms with van der Waals surface area (Å²) in [4.78, 5) is 3.13. The molecule has 2 aromatic rings. The lowest BCUT2D eigenvalue weighted by Crippen LogP contribution is -1.82. The van der Waals surface area contributed by atoms with Crippen LogP contribution in [0.5, 0.6) is 0 Å². The van der Waals surface area contributed by atoms with Crippen LogP contribution in [0.4, 0.5) is 0 Å². The summed E-state index contributed by atoms with van der Waals surface area (Å²) in [6, 6.07) is 8.09. The zero-order valence-electron chi connectivity index (χ0n) is 6.84. The van der Waals surface area contributed by atoms with E-state index < -0.39 is 0 Å². The van der Waals surface area contributed by atoms with Crippen LogP contribution >= 0.6 is 15.9 Å². The second kappa shape index (κ2) is 3.23. The van der Waals surface area contributed by atoms with Gasteiger partial charge in [0, 0.05) is 16.1 Å². The highest BCUT2D eigenvalue weighted by atomic mass is 79.9. The number of aromatic amines is 1. The van der Waals surface area contributed by atoms with Crippen molar-refractivity contribution in [1.82, 2.24) is 4.98 Å². The zero-order chi connectivity index (χ0) is 9.26. The molecule has 0 bridgehead atoms. The largest absolute Gasteiger partial charge is 0.360 e. The molecule has 1 aromatic carbocycles. The number of nitrogens with one attached hydrogen (secondary N) is 1. The summed E-state index contributed by atoms with van der Waals surface area (Å²) in [6.07, 6.45) is 2.35. The molecular weight excluding hydrogens is 228 g/mol. The van der Waals surface area contributed by atoms with Gasteiger partial charge in [0.25, 0.3) is 0 Å². The molecule has 0 saturated carbocycles. The fourth-order valence-electron chi connectivity index (χ4n) is 1.42. The van der Waals surface area contributed by atoms with Crippen LogP contribution in [0, 0.1) is 11.3 Å². The maximum atomic E-state index is 8.61. The molecule has 3 heteroatoms. The number of rotatable bonds is 1. The Hall–Kier alpha value is -1.27. The van der Waals surface area contributed by atoms with Gasteiger partial charge in [0.05, 0.1) is 18.0 Å². The van der Waals surface area contributed by atoms with Gasteiger partial charge in [-0.2, -0.15) is 5.26 Å². The van der Waals surface area contributed by atoms with E-state index in [1.54, 1.807) is 0 Å². The molecule has 64 valence electrons. The summed E-state index contributed by atoms with van der Waals surface area (Å²) in [5.41, 5.74) is 2.13. The lowest BCUT2D eigenvalue weighted by atomic mass is 10.1. The van der Waals surface area contributed by atoms with Gasteiger partial charge in [-0.05, 0) is 33.6 Å². The van der Waals surface area contributed by atoms with Crippen LogP contribution in [0.25, 0.3) is 10.9 Å². The highest BCUT2D eigenvalue weighted by molar-refractivity contribution is 9.10. The van der Waals surface area contributed by atoms with E-state index in [-0.39, 0.29) is 0 Å². The third-order valence-electron chi connectivity index (χ3n) is 2.03. The minimum Gasteiger partial charge on any atom is -0.360 e. The average molecular weight is 235 g/mol. The molecule has 2 rings (SSSR count). The van der Waals surface area contributed by atoms with Crippen molar-refractivity contribution in [2.24, 2.45) is 0 Å². The summed E-state index contributed by atoms with van der Waals surface area (Å²) in [6.45, 7) is 0. The molecule has 0 aliphatic heterocycles. The standard InChI is InChI=1S/C10H7BrN2/c11-9-2-1-7(3-5-12)8-4-6-13-10(8)9/h1-2,4,6,13H,3H2. The summed E-state index contributed by atoms with van der Waals surface area (Å²) < 4.78 is 1.04. The van der Waals surface area contributed by atoms with E-state index in [1.807, 2.05) is 24.4 Å². The third kappa shape index (κ3) is 1.34. The van der Waals surface area contributed by atoms with Crippen molar-refractivity contribution >= 4 is 26.8 Å². The Morgan fingerprint density at radius 2 is 2.23 bits per heavy atom. The van der Waals surface area contributed by atoms with E-state index in [1.165, 1.54) is 0 Å². The quantitative estimate of drug-likeness (QED) is 0.810. The molecule has 0 atom stereocenters. The van der Waals surface area contributed by atoms with E-state index in [9.17, 15) is 0 Å². The summed E-state index contributed by atoms with van der Waals surface area (Å²) >= 11 is 3.45. The summed E-state index contributed by atoms with van der Waals surface area (Å²) in [5, 5.41) is 9.74. The molecule has 1 heterocycles. The molecular formula is C10H7BrN2. The highest BCUT2D eigenvalue weighted by Gasteiger charge is 2.03. The van der Waals surface area contributed by atoms with Gasteiger partial charge < -0.3 is 4.98 Å². The predicted octanol–water partition coefficient (Wildman–Crippen LogP) is 3.00. The van der Waals surface area contributed by atoms with Crippen molar-refractivity contribution in [3.63, 3.8) is 0 Å². The van der Waals surface area contributed by atoms with Crippen LogP contribution in [0.1, 0.15) is 5.56 Å². The number of nitrogens with zero attached hydrogens (tertiary/aromatic N) is 1. The van der Waals surface area contributed by atoms with E-state index in [2.05, 4.69) is 27.0 Å². The van der Waals surface area contributed by atoms with Crippen LogP contribution in [0.15, 0.2) is 28.9 Å². The van der Waals surface area contributed by atoms with Crippen LogP contribution in [-0.4, -0.2) is 4.98 Å². The molecule has 1 aromatic heterocycles. The molecule has 2 nitrogen and oxygen atoms in total. The van der Waals surface area contributed by atoms with Gasteiger partial charge in [-0.15, -0.1) is 0 Å². The van der Waals surface area contributed by atoms with Crippen molar-refractivity contribution in [2.45, 2.75) is 6.42 Å². The van der Waals surface area contributed by atoms with Gasteiger partial charge >= 0.3 is 0 Å². The first-order chi connectivity index (χ1) is 6.33. The van der Waals surface area contributed by atoms with Gasteiger partial charge in [0.1, 0.15) is 0 Å². The minimum absolute atomic E-state index is 0.460. The molecule has 0 spiro atoms. The Kier molecular flexibility index (Phi) is 2.07. The number of halogens is 1. The maximum Gasteiger partial charge on any atom is 0.0669 e. The number of benzene rings is 1. The Morgan fingerprint density at radius 3 is 3.00 bits per heavy atom. The maximum absolute atomic E-state index is 8.61. The van der Waals surface area contributed by atoms with Crippen molar-refractivity contribution in [2.75, 3.05) is 0 Å². The summed E-state index contributed by atoms with van der Waals surface area (Å²) in [5.74, 6) is 0. The molecule has 0 aliphatic carbocycles. The topological polar surface area (TPSA) is 39.6 Å². The fraction of sp³-hybridized carbons (Fsp3) is 0.100. The minimum atomic E-state index is 0.460. The lowest BCUT2D eigenvalue weighted by Gasteiger charge is -1.99. The smallest absolute Gasteiger partial charge is 0.0669 e. The van der Waals surface area contributed by atoms with Gasteiger partial charge in [-0.25, -0.2) is 0 Å². The van der Waals surface area contributed by atoms with Crippen molar-refractivity contribution < 1.29 is 0 Å².